The van der Waals surface area contributed by atoms with Gasteiger partial charge in [0.2, 0.25) is 5.91 Å². The lowest BCUT2D eigenvalue weighted by atomic mass is 10.2. The van der Waals surface area contributed by atoms with Crippen molar-refractivity contribution in [1.29, 1.82) is 0 Å². The lowest BCUT2D eigenvalue weighted by Crippen LogP contribution is -2.29. The zero-order valence-corrected chi connectivity index (χ0v) is 12.9. The van der Waals surface area contributed by atoms with Gasteiger partial charge in [0.15, 0.2) is 0 Å². The Bertz CT molecular complexity index is 617. The SMILES string of the molecule is Cc1csc(-c2ccc(NC(=O)CNCC3CC3)cc2)n1. The lowest BCUT2D eigenvalue weighted by Gasteiger charge is -2.07. The van der Waals surface area contributed by atoms with Gasteiger partial charge in [-0.2, -0.15) is 0 Å². The van der Waals surface area contributed by atoms with Crippen molar-refractivity contribution in [2.24, 2.45) is 5.92 Å². The molecule has 1 saturated carbocycles. The van der Waals surface area contributed by atoms with Crippen LogP contribution in [0.3, 0.4) is 0 Å². The maximum absolute atomic E-state index is 11.8. The molecule has 2 N–H and O–H groups in total. The topological polar surface area (TPSA) is 54.0 Å². The molecule has 0 bridgehead atoms. The zero-order chi connectivity index (χ0) is 14.7. The number of aromatic nitrogens is 1. The van der Waals surface area contributed by atoms with Gasteiger partial charge in [0.1, 0.15) is 5.01 Å². The number of benzene rings is 1. The second-order valence-corrected chi connectivity index (χ2v) is 6.35. The van der Waals surface area contributed by atoms with Crippen LogP contribution >= 0.6 is 11.3 Å². The van der Waals surface area contributed by atoms with Crippen molar-refractivity contribution in [3.63, 3.8) is 0 Å². The van der Waals surface area contributed by atoms with Crippen molar-refractivity contribution < 1.29 is 4.79 Å². The molecule has 1 aromatic carbocycles. The fourth-order valence-electron chi connectivity index (χ4n) is 2.10. The Morgan fingerprint density at radius 1 is 1.33 bits per heavy atom. The Labute approximate surface area is 128 Å². The highest BCUT2D eigenvalue weighted by atomic mass is 32.1. The normalized spacial score (nSPS) is 14.1. The van der Waals surface area contributed by atoms with Crippen LogP contribution in [0.1, 0.15) is 18.5 Å². The number of hydrogen-bond donors (Lipinski definition) is 2. The molecular formula is C16H19N3OS. The van der Waals surface area contributed by atoms with Gasteiger partial charge in [-0.1, -0.05) is 0 Å². The Kier molecular flexibility index (Phi) is 4.31. The fourth-order valence-corrected chi connectivity index (χ4v) is 2.90. The number of carbonyl (C=O) groups excluding carboxylic acids is 1. The van der Waals surface area contributed by atoms with Gasteiger partial charge in [0.05, 0.1) is 6.54 Å². The Morgan fingerprint density at radius 2 is 2.10 bits per heavy atom. The molecule has 2 aromatic rings. The van der Waals surface area contributed by atoms with Gasteiger partial charge in [-0.15, -0.1) is 11.3 Å². The molecule has 110 valence electrons. The molecule has 1 aliphatic rings. The Hall–Kier alpha value is -1.72. The van der Waals surface area contributed by atoms with Crippen molar-refractivity contribution in [1.82, 2.24) is 10.3 Å². The summed E-state index contributed by atoms with van der Waals surface area (Å²) in [5, 5.41) is 9.14. The van der Waals surface area contributed by atoms with E-state index in [-0.39, 0.29) is 5.91 Å². The van der Waals surface area contributed by atoms with Crippen molar-refractivity contribution in [3.8, 4) is 10.6 Å². The number of carbonyl (C=O) groups is 1. The van der Waals surface area contributed by atoms with E-state index in [9.17, 15) is 4.79 Å². The fraction of sp³-hybridized carbons (Fsp3) is 0.375. The highest BCUT2D eigenvalue weighted by Gasteiger charge is 2.20. The minimum Gasteiger partial charge on any atom is -0.325 e. The summed E-state index contributed by atoms with van der Waals surface area (Å²) in [7, 11) is 0. The number of thiazole rings is 1. The second kappa shape index (κ2) is 6.37. The van der Waals surface area contributed by atoms with Gasteiger partial charge >= 0.3 is 0 Å². The number of anilines is 1. The molecule has 0 spiro atoms. The van der Waals surface area contributed by atoms with Gasteiger partial charge in [-0.3, -0.25) is 4.79 Å². The first kappa shape index (κ1) is 14.2. The smallest absolute Gasteiger partial charge is 0.238 e. The highest BCUT2D eigenvalue weighted by Crippen LogP contribution is 2.27. The summed E-state index contributed by atoms with van der Waals surface area (Å²) in [6.45, 7) is 3.32. The second-order valence-electron chi connectivity index (χ2n) is 5.49. The Morgan fingerprint density at radius 3 is 2.71 bits per heavy atom. The van der Waals surface area contributed by atoms with Crippen LogP contribution in [-0.2, 0) is 4.79 Å². The van der Waals surface area contributed by atoms with Crippen molar-refractivity contribution in [3.05, 3.63) is 35.3 Å². The van der Waals surface area contributed by atoms with E-state index in [0.29, 0.717) is 6.54 Å². The summed E-state index contributed by atoms with van der Waals surface area (Å²) in [5.74, 6) is 0.798. The van der Waals surface area contributed by atoms with Gasteiger partial charge in [-0.05, 0) is 56.5 Å². The lowest BCUT2D eigenvalue weighted by molar-refractivity contribution is -0.115. The van der Waals surface area contributed by atoms with Crippen molar-refractivity contribution in [2.75, 3.05) is 18.4 Å². The molecule has 1 aliphatic carbocycles. The minimum atomic E-state index is 0.00786. The third-order valence-corrected chi connectivity index (χ3v) is 4.46. The predicted molar refractivity (Wildman–Crippen MR) is 86.5 cm³/mol. The first-order valence-electron chi connectivity index (χ1n) is 7.24. The number of hydrogen-bond acceptors (Lipinski definition) is 4. The van der Waals surface area contributed by atoms with E-state index in [0.717, 1.165) is 34.4 Å². The number of nitrogens with one attached hydrogen (secondary N) is 2. The van der Waals surface area contributed by atoms with E-state index in [4.69, 9.17) is 0 Å². The molecule has 1 fully saturated rings. The summed E-state index contributed by atoms with van der Waals surface area (Å²) in [4.78, 5) is 16.2. The quantitative estimate of drug-likeness (QED) is 0.862. The molecule has 1 heterocycles. The Balaban J connectivity index is 1.52. The summed E-state index contributed by atoms with van der Waals surface area (Å²) in [6.07, 6.45) is 2.60. The van der Waals surface area contributed by atoms with Crippen LogP contribution in [0, 0.1) is 12.8 Å². The van der Waals surface area contributed by atoms with E-state index in [1.54, 1.807) is 11.3 Å². The van der Waals surface area contributed by atoms with Gasteiger partial charge in [0, 0.05) is 22.3 Å². The monoisotopic (exact) mass is 301 g/mol. The number of amides is 1. The maximum Gasteiger partial charge on any atom is 0.238 e. The molecular weight excluding hydrogens is 282 g/mol. The van der Waals surface area contributed by atoms with E-state index in [1.165, 1.54) is 12.8 Å². The molecule has 1 amide bonds. The van der Waals surface area contributed by atoms with E-state index < -0.39 is 0 Å². The molecule has 3 rings (SSSR count). The largest absolute Gasteiger partial charge is 0.325 e. The molecule has 0 radical (unpaired) electrons. The van der Waals surface area contributed by atoms with E-state index >= 15 is 0 Å². The van der Waals surface area contributed by atoms with Gasteiger partial charge in [-0.25, -0.2) is 4.98 Å². The third kappa shape index (κ3) is 4.12. The number of rotatable bonds is 6. The summed E-state index contributed by atoms with van der Waals surface area (Å²) in [6, 6.07) is 7.83. The van der Waals surface area contributed by atoms with Crippen LogP contribution in [0.25, 0.3) is 10.6 Å². The average molecular weight is 301 g/mol. The van der Waals surface area contributed by atoms with E-state index in [2.05, 4.69) is 15.6 Å². The molecule has 0 unspecified atom stereocenters. The van der Waals surface area contributed by atoms with Crippen LogP contribution < -0.4 is 10.6 Å². The van der Waals surface area contributed by atoms with Gasteiger partial charge < -0.3 is 10.6 Å². The molecule has 21 heavy (non-hydrogen) atoms. The predicted octanol–water partition coefficient (Wildman–Crippen LogP) is 3.06. The molecule has 0 saturated heterocycles. The van der Waals surface area contributed by atoms with Crippen molar-refractivity contribution >= 4 is 22.9 Å². The summed E-state index contributed by atoms with van der Waals surface area (Å²) >= 11 is 1.63. The van der Waals surface area contributed by atoms with Gasteiger partial charge in [0.25, 0.3) is 0 Å². The standard InChI is InChI=1S/C16H19N3OS/c1-11-10-21-16(18-11)13-4-6-14(7-5-13)19-15(20)9-17-8-12-2-3-12/h4-7,10,12,17H,2-3,8-9H2,1H3,(H,19,20). The minimum absolute atomic E-state index is 0.00786. The van der Waals surface area contributed by atoms with Crippen LogP contribution in [0.4, 0.5) is 5.69 Å². The molecule has 1 aromatic heterocycles. The van der Waals surface area contributed by atoms with Crippen molar-refractivity contribution in [2.45, 2.75) is 19.8 Å². The van der Waals surface area contributed by atoms with Crippen LogP contribution in [-0.4, -0.2) is 24.0 Å². The summed E-state index contributed by atoms with van der Waals surface area (Å²) < 4.78 is 0. The maximum atomic E-state index is 11.8. The van der Waals surface area contributed by atoms with Crippen LogP contribution in [0.2, 0.25) is 0 Å². The first-order valence-corrected chi connectivity index (χ1v) is 8.12. The average Bonchev–Trinajstić information content (AvgIpc) is 3.19. The zero-order valence-electron chi connectivity index (χ0n) is 12.1. The van der Waals surface area contributed by atoms with E-state index in [1.807, 2.05) is 36.6 Å². The number of aryl methyl sites for hydroxylation is 1. The van der Waals surface area contributed by atoms with Crippen LogP contribution in [0.15, 0.2) is 29.6 Å². The van der Waals surface area contributed by atoms with Crippen LogP contribution in [0.5, 0.6) is 0 Å². The summed E-state index contributed by atoms with van der Waals surface area (Å²) in [5.41, 5.74) is 2.94. The highest BCUT2D eigenvalue weighted by molar-refractivity contribution is 7.13. The molecule has 5 heteroatoms. The number of nitrogens with zero attached hydrogens (tertiary/aromatic N) is 1. The molecule has 0 aliphatic heterocycles. The third-order valence-electron chi connectivity index (χ3n) is 3.45. The molecule has 4 nitrogen and oxygen atoms in total. The first-order chi connectivity index (χ1) is 10.2. The molecule has 0 atom stereocenters.